The average Bonchev–Trinajstić information content (AvgIpc) is 3.17. The summed E-state index contributed by atoms with van der Waals surface area (Å²) < 4.78 is 71.7. The number of nitrogens with one attached hydrogen (secondary N) is 2. The standard InChI is InChI=1S/C20H20F3N5O4S/c1-12-5-4-6-13(2)17(12)27-33(30,31)16-7-15(9-24-19(16)32-3)26-18(29)14-8-25-28(10-14)11-20(21,22)23/h4-10,27H,11H2,1-3H3,(H,26,29). The third kappa shape index (κ3) is 5.80. The number of alkyl halides is 3. The Bertz CT molecular complexity index is 1270. The van der Waals surface area contributed by atoms with Gasteiger partial charge in [-0.1, -0.05) is 18.2 Å². The third-order valence-corrected chi connectivity index (χ3v) is 5.86. The molecule has 0 spiro atoms. The summed E-state index contributed by atoms with van der Waals surface area (Å²) in [4.78, 5) is 16.0. The van der Waals surface area contributed by atoms with Crippen molar-refractivity contribution in [3.63, 3.8) is 0 Å². The Kier molecular flexibility index (Phi) is 6.63. The largest absolute Gasteiger partial charge is 0.480 e. The first-order chi connectivity index (χ1) is 15.4. The monoisotopic (exact) mass is 483 g/mol. The van der Waals surface area contributed by atoms with Crippen molar-refractivity contribution in [3.8, 4) is 5.88 Å². The minimum Gasteiger partial charge on any atom is -0.480 e. The summed E-state index contributed by atoms with van der Waals surface area (Å²) in [6, 6.07) is 6.42. The van der Waals surface area contributed by atoms with Gasteiger partial charge in [-0.15, -0.1) is 0 Å². The average molecular weight is 483 g/mol. The topological polar surface area (TPSA) is 115 Å². The molecule has 13 heteroatoms. The van der Waals surface area contributed by atoms with Crippen LogP contribution in [0.3, 0.4) is 0 Å². The molecule has 0 aliphatic heterocycles. The van der Waals surface area contributed by atoms with E-state index < -0.39 is 28.7 Å². The summed E-state index contributed by atoms with van der Waals surface area (Å²) in [7, 11) is -2.93. The van der Waals surface area contributed by atoms with Crippen LogP contribution in [0.2, 0.25) is 0 Å². The first kappa shape index (κ1) is 24.0. The summed E-state index contributed by atoms with van der Waals surface area (Å²) in [6.45, 7) is 2.14. The van der Waals surface area contributed by atoms with Crippen LogP contribution in [0.1, 0.15) is 21.5 Å². The molecular weight excluding hydrogens is 463 g/mol. The van der Waals surface area contributed by atoms with Crippen LogP contribution in [0.4, 0.5) is 24.5 Å². The van der Waals surface area contributed by atoms with E-state index in [-0.39, 0.29) is 22.0 Å². The number of ether oxygens (including phenoxy) is 1. The lowest BCUT2D eigenvalue weighted by Gasteiger charge is -2.15. The Morgan fingerprint density at radius 3 is 2.45 bits per heavy atom. The molecule has 9 nitrogen and oxygen atoms in total. The van der Waals surface area contributed by atoms with E-state index in [4.69, 9.17) is 4.74 Å². The van der Waals surface area contributed by atoms with Gasteiger partial charge in [0.25, 0.3) is 15.9 Å². The third-order valence-electron chi connectivity index (χ3n) is 4.51. The van der Waals surface area contributed by atoms with Crippen LogP contribution in [-0.2, 0) is 16.6 Å². The van der Waals surface area contributed by atoms with Crippen molar-refractivity contribution < 1.29 is 31.1 Å². The number of hydrogen-bond acceptors (Lipinski definition) is 6. The lowest BCUT2D eigenvalue weighted by atomic mass is 10.1. The van der Waals surface area contributed by atoms with Crippen molar-refractivity contribution in [2.45, 2.75) is 31.5 Å². The van der Waals surface area contributed by atoms with Crippen molar-refractivity contribution in [1.82, 2.24) is 14.8 Å². The molecule has 1 aromatic carbocycles. The molecule has 0 radical (unpaired) electrons. The number of hydrogen-bond donors (Lipinski definition) is 2. The van der Waals surface area contributed by atoms with Gasteiger partial charge in [0.15, 0.2) is 4.90 Å². The van der Waals surface area contributed by atoms with E-state index >= 15 is 0 Å². The minimum atomic E-state index is -4.49. The number of aryl methyl sites for hydroxylation is 2. The van der Waals surface area contributed by atoms with E-state index in [0.29, 0.717) is 21.5 Å². The highest BCUT2D eigenvalue weighted by Crippen LogP contribution is 2.29. The summed E-state index contributed by atoms with van der Waals surface area (Å²) in [6.07, 6.45) is -1.43. The van der Waals surface area contributed by atoms with Crippen molar-refractivity contribution in [2.75, 3.05) is 17.1 Å². The number of carbonyl (C=O) groups excluding carboxylic acids is 1. The summed E-state index contributed by atoms with van der Waals surface area (Å²) in [5.74, 6) is -0.994. The lowest BCUT2D eigenvalue weighted by Crippen LogP contribution is -2.18. The molecule has 2 heterocycles. The number of benzene rings is 1. The molecule has 0 saturated carbocycles. The SMILES string of the molecule is COc1ncc(NC(=O)c2cnn(CC(F)(F)F)c2)cc1S(=O)(=O)Nc1c(C)cccc1C. The van der Waals surface area contributed by atoms with Gasteiger partial charge in [-0.2, -0.15) is 18.3 Å². The Morgan fingerprint density at radius 1 is 1.18 bits per heavy atom. The van der Waals surface area contributed by atoms with Crippen molar-refractivity contribution >= 4 is 27.3 Å². The predicted octanol–water partition coefficient (Wildman–Crippen LogP) is 3.52. The van der Waals surface area contributed by atoms with Crippen LogP contribution in [-0.4, -0.2) is 42.4 Å². The van der Waals surface area contributed by atoms with Gasteiger partial charge in [0.1, 0.15) is 6.54 Å². The highest BCUT2D eigenvalue weighted by molar-refractivity contribution is 7.92. The van der Waals surface area contributed by atoms with Crippen LogP contribution in [0.15, 0.2) is 47.8 Å². The molecule has 33 heavy (non-hydrogen) atoms. The number of rotatable bonds is 7. The van der Waals surface area contributed by atoms with E-state index in [2.05, 4.69) is 20.1 Å². The van der Waals surface area contributed by atoms with Gasteiger partial charge in [-0.05, 0) is 31.0 Å². The fourth-order valence-electron chi connectivity index (χ4n) is 2.97. The molecule has 0 fully saturated rings. The summed E-state index contributed by atoms with van der Waals surface area (Å²) in [5, 5.41) is 5.91. The number of aromatic nitrogens is 3. The van der Waals surface area contributed by atoms with Gasteiger partial charge >= 0.3 is 6.18 Å². The number of nitrogens with zero attached hydrogens (tertiary/aromatic N) is 3. The molecule has 1 amide bonds. The molecule has 176 valence electrons. The zero-order chi connectivity index (χ0) is 24.4. The predicted molar refractivity (Wildman–Crippen MR) is 114 cm³/mol. The molecule has 2 aromatic heterocycles. The quantitative estimate of drug-likeness (QED) is 0.531. The molecule has 0 bridgehead atoms. The maximum absolute atomic E-state index is 13.1. The molecule has 0 saturated heterocycles. The van der Waals surface area contributed by atoms with Gasteiger partial charge < -0.3 is 10.1 Å². The van der Waals surface area contributed by atoms with Crippen molar-refractivity contribution in [3.05, 3.63) is 59.5 Å². The molecule has 0 aliphatic rings. The fourth-order valence-corrected chi connectivity index (χ4v) is 4.31. The fraction of sp³-hybridized carbons (Fsp3) is 0.250. The Morgan fingerprint density at radius 2 is 1.85 bits per heavy atom. The zero-order valence-electron chi connectivity index (χ0n) is 17.8. The molecule has 2 N–H and O–H groups in total. The number of pyridine rings is 1. The smallest absolute Gasteiger partial charge is 0.408 e. The van der Waals surface area contributed by atoms with Crippen molar-refractivity contribution in [1.29, 1.82) is 0 Å². The molecule has 3 rings (SSSR count). The van der Waals surface area contributed by atoms with Gasteiger partial charge in [-0.25, -0.2) is 13.4 Å². The number of sulfonamides is 1. The first-order valence-electron chi connectivity index (χ1n) is 9.43. The highest BCUT2D eigenvalue weighted by atomic mass is 32.2. The van der Waals surface area contributed by atoms with Crippen LogP contribution >= 0.6 is 0 Å². The Hall–Kier alpha value is -3.61. The number of methoxy groups -OCH3 is 1. The number of amides is 1. The highest BCUT2D eigenvalue weighted by Gasteiger charge is 2.29. The van der Waals surface area contributed by atoms with Crippen LogP contribution < -0.4 is 14.8 Å². The van der Waals surface area contributed by atoms with Crippen LogP contribution in [0, 0.1) is 13.8 Å². The maximum Gasteiger partial charge on any atom is 0.408 e. The zero-order valence-corrected chi connectivity index (χ0v) is 18.6. The summed E-state index contributed by atoms with van der Waals surface area (Å²) >= 11 is 0. The molecular formula is C20H20F3N5O4S. The van der Waals surface area contributed by atoms with Gasteiger partial charge in [-0.3, -0.25) is 14.2 Å². The van der Waals surface area contributed by atoms with Gasteiger partial charge in [0.2, 0.25) is 5.88 Å². The van der Waals surface area contributed by atoms with E-state index in [9.17, 15) is 26.4 Å². The van der Waals surface area contributed by atoms with Gasteiger partial charge in [0, 0.05) is 6.20 Å². The molecule has 3 aromatic rings. The van der Waals surface area contributed by atoms with Crippen LogP contribution in [0.25, 0.3) is 0 Å². The van der Waals surface area contributed by atoms with E-state index in [1.807, 2.05) is 0 Å². The second-order valence-electron chi connectivity index (χ2n) is 7.10. The second-order valence-corrected chi connectivity index (χ2v) is 8.75. The number of halogens is 3. The summed E-state index contributed by atoms with van der Waals surface area (Å²) in [5.41, 5.74) is 1.64. The minimum absolute atomic E-state index is 0.00810. The second kappa shape index (κ2) is 9.10. The Balaban J connectivity index is 1.87. The van der Waals surface area contributed by atoms with Crippen molar-refractivity contribution in [2.24, 2.45) is 0 Å². The first-order valence-corrected chi connectivity index (χ1v) is 10.9. The van der Waals surface area contributed by atoms with E-state index in [0.717, 1.165) is 24.7 Å². The van der Waals surface area contributed by atoms with E-state index in [1.54, 1.807) is 32.0 Å². The number of anilines is 2. The lowest BCUT2D eigenvalue weighted by molar-refractivity contribution is -0.142. The molecule has 0 aliphatic carbocycles. The van der Waals surface area contributed by atoms with Gasteiger partial charge in [0.05, 0.1) is 36.4 Å². The molecule has 0 atom stereocenters. The number of para-hydroxylation sites is 1. The molecule has 0 unspecified atom stereocenters. The maximum atomic E-state index is 13.1. The van der Waals surface area contributed by atoms with Crippen LogP contribution in [0.5, 0.6) is 5.88 Å². The van der Waals surface area contributed by atoms with E-state index in [1.165, 1.54) is 7.11 Å². The number of carbonyl (C=O) groups is 1. The Labute approximate surface area is 187 Å². The normalized spacial score (nSPS) is 11.8.